The molecular weight excluding hydrogens is 240 g/mol. The molecule has 0 heterocycles. The first kappa shape index (κ1) is 14.1. The molecule has 1 nitrogen and oxygen atoms in total. The molecular formula is C8H17OS4-. The quantitative estimate of drug-likeness (QED) is 0.392. The second-order valence-electron chi connectivity index (χ2n) is 3.26. The number of hydrogen-bond donors (Lipinski definition) is 0. The predicted octanol–water partition coefficient (Wildman–Crippen LogP) is 3.47. The van der Waals surface area contributed by atoms with Crippen LogP contribution in [0.1, 0.15) is 46.5 Å². The SMILES string of the molecule is CCCC[C@](C)(CC)OS[S-](=S)=S. The van der Waals surface area contributed by atoms with Crippen molar-refractivity contribution >= 4 is 40.5 Å². The Kier molecular flexibility index (Phi) is 8.03. The maximum absolute atomic E-state index is 5.66. The molecule has 0 aromatic heterocycles. The number of unbranched alkanes of at least 4 members (excludes halogenated alkanes) is 1. The van der Waals surface area contributed by atoms with Gasteiger partial charge in [0.25, 0.3) is 0 Å². The summed E-state index contributed by atoms with van der Waals surface area (Å²) in [5, 5.41) is 0. The summed E-state index contributed by atoms with van der Waals surface area (Å²) in [7, 11) is -0.508. The minimum absolute atomic E-state index is 0.0381. The standard InChI is InChI=1S/C8H17OS4/c1-4-6-7-8(3,5-2)9-12-13(10)11/h4-7H2,1-3H3/q-1/t8-/m0/s1. The molecule has 0 saturated carbocycles. The molecule has 5 heteroatoms. The minimum atomic E-state index is -0.508. The molecule has 0 fully saturated rings. The Hall–Kier alpha value is 1.10. The molecule has 1 atom stereocenters. The Balaban J connectivity index is 3.94. The molecule has 0 aliphatic rings. The third kappa shape index (κ3) is 7.08. The first-order valence-electron chi connectivity index (χ1n) is 4.49. The van der Waals surface area contributed by atoms with Crippen molar-refractivity contribution < 1.29 is 4.18 Å². The van der Waals surface area contributed by atoms with Gasteiger partial charge in [0.2, 0.25) is 0 Å². The molecule has 0 aliphatic carbocycles. The van der Waals surface area contributed by atoms with Crippen molar-refractivity contribution in [1.82, 2.24) is 0 Å². The van der Waals surface area contributed by atoms with E-state index in [1.807, 2.05) is 0 Å². The molecule has 80 valence electrons. The minimum Gasteiger partial charge on any atom is -0.331 e. The van der Waals surface area contributed by atoms with Crippen LogP contribution < -0.4 is 0 Å². The lowest BCUT2D eigenvalue weighted by Crippen LogP contribution is -2.24. The monoisotopic (exact) mass is 257 g/mol. The summed E-state index contributed by atoms with van der Waals surface area (Å²) in [5.41, 5.74) is -0.0381. The highest BCUT2D eigenvalue weighted by molar-refractivity contribution is 8.89. The van der Waals surface area contributed by atoms with E-state index in [1.54, 1.807) is 0 Å². The first-order chi connectivity index (χ1) is 6.04. The molecule has 0 N–H and O–H groups in total. The zero-order valence-corrected chi connectivity index (χ0v) is 11.6. The Morgan fingerprint density at radius 2 is 2.00 bits per heavy atom. The average Bonchev–Trinajstić information content (AvgIpc) is 2.11. The van der Waals surface area contributed by atoms with Gasteiger partial charge in [-0.1, -0.05) is 26.7 Å². The second-order valence-corrected chi connectivity index (χ2v) is 9.28. The van der Waals surface area contributed by atoms with Gasteiger partial charge in [-0.05, 0) is 19.8 Å². The highest BCUT2D eigenvalue weighted by Crippen LogP contribution is 2.27. The van der Waals surface area contributed by atoms with E-state index in [0.29, 0.717) is 0 Å². The van der Waals surface area contributed by atoms with Gasteiger partial charge < -0.3 is 4.18 Å². The maximum Gasteiger partial charge on any atom is 0.0775 e. The summed E-state index contributed by atoms with van der Waals surface area (Å²) in [4.78, 5) is 0. The lowest BCUT2D eigenvalue weighted by molar-refractivity contribution is 0.101. The van der Waals surface area contributed by atoms with Gasteiger partial charge in [-0.15, -0.1) is 11.1 Å². The maximum atomic E-state index is 5.66. The van der Waals surface area contributed by atoms with Crippen molar-refractivity contribution in [2.45, 2.75) is 52.1 Å². The zero-order chi connectivity index (χ0) is 10.3. The molecule has 0 unspecified atom stereocenters. The van der Waals surface area contributed by atoms with Crippen LogP contribution in [0, 0.1) is 0 Å². The van der Waals surface area contributed by atoms with Crippen molar-refractivity contribution in [3.8, 4) is 0 Å². The largest absolute Gasteiger partial charge is 0.331 e. The van der Waals surface area contributed by atoms with Crippen molar-refractivity contribution in [3.05, 3.63) is 0 Å². The molecule has 0 bridgehead atoms. The van der Waals surface area contributed by atoms with Gasteiger partial charge in [-0.3, -0.25) is 7.05 Å². The average molecular weight is 257 g/mol. The van der Waals surface area contributed by atoms with Crippen LogP contribution in [0.4, 0.5) is 0 Å². The lowest BCUT2D eigenvalue weighted by Gasteiger charge is -2.29. The molecule has 13 heavy (non-hydrogen) atoms. The summed E-state index contributed by atoms with van der Waals surface area (Å²) in [6.07, 6.45) is 4.52. The zero-order valence-electron chi connectivity index (χ0n) is 8.37. The number of hydrogen-bond acceptors (Lipinski definition) is 5. The smallest absolute Gasteiger partial charge is 0.0775 e. The molecule has 0 rings (SSSR count). The summed E-state index contributed by atoms with van der Waals surface area (Å²) < 4.78 is 5.66. The van der Waals surface area contributed by atoms with Crippen molar-refractivity contribution in [2.75, 3.05) is 0 Å². The first-order valence-corrected chi connectivity index (χ1v) is 8.83. The molecule has 0 aliphatic heterocycles. The van der Waals surface area contributed by atoms with Gasteiger partial charge >= 0.3 is 0 Å². The fraction of sp³-hybridized carbons (Fsp3) is 1.00. The normalized spacial score (nSPS) is 16.0. The van der Waals surface area contributed by atoms with E-state index in [-0.39, 0.29) is 5.60 Å². The van der Waals surface area contributed by atoms with Gasteiger partial charge in [-0.25, -0.2) is 22.4 Å². The summed E-state index contributed by atoms with van der Waals surface area (Å²) in [6.45, 7) is 6.46. The summed E-state index contributed by atoms with van der Waals surface area (Å²) in [6, 6.07) is 0. The summed E-state index contributed by atoms with van der Waals surface area (Å²) >= 11 is 11.0. The van der Waals surface area contributed by atoms with Crippen molar-refractivity contribution in [2.24, 2.45) is 0 Å². The van der Waals surface area contributed by atoms with Crippen LogP contribution >= 0.6 is 11.1 Å². The van der Waals surface area contributed by atoms with Crippen molar-refractivity contribution in [3.63, 3.8) is 0 Å². The van der Waals surface area contributed by atoms with E-state index in [4.69, 9.17) is 26.6 Å². The van der Waals surface area contributed by atoms with E-state index in [0.717, 1.165) is 12.8 Å². The molecule has 0 saturated heterocycles. The molecule has 0 radical (unpaired) electrons. The van der Waals surface area contributed by atoms with Gasteiger partial charge in [0.05, 0.1) is 5.60 Å². The van der Waals surface area contributed by atoms with Crippen LogP contribution in [-0.2, 0) is 33.6 Å². The van der Waals surface area contributed by atoms with Crippen LogP contribution in [0.3, 0.4) is 0 Å². The summed E-state index contributed by atoms with van der Waals surface area (Å²) in [5.74, 6) is 0. The van der Waals surface area contributed by atoms with E-state index in [9.17, 15) is 0 Å². The van der Waals surface area contributed by atoms with Gasteiger partial charge in [0.15, 0.2) is 0 Å². The molecule has 0 aromatic rings. The van der Waals surface area contributed by atoms with Gasteiger partial charge in [0.1, 0.15) is 0 Å². The third-order valence-corrected chi connectivity index (χ3v) is 4.22. The van der Waals surface area contributed by atoms with Gasteiger partial charge in [-0.2, -0.15) is 0 Å². The molecule has 0 aromatic carbocycles. The topological polar surface area (TPSA) is 9.23 Å². The predicted molar refractivity (Wildman–Crippen MR) is 69.0 cm³/mol. The Bertz CT molecular complexity index is 194. The highest BCUT2D eigenvalue weighted by Gasteiger charge is 2.21. The van der Waals surface area contributed by atoms with Crippen LogP contribution in [0.15, 0.2) is 0 Å². The lowest BCUT2D eigenvalue weighted by atomic mass is 9.97. The van der Waals surface area contributed by atoms with Gasteiger partial charge in [0, 0.05) is 0 Å². The van der Waals surface area contributed by atoms with Crippen LogP contribution in [0.5, 0.6) is 0 Å². The van der Waals surface area contributed by atoms with E-state index in [2.05, 4.69) is 20.8 Å². The fourth-order valence-electron chi connectivity index (χ4n) is 0.938. The third-order valence-electron chi connectivity index (χ3n) is 2.10. The fourth-order valence-corrected chi connectivity index (χ4v) is 2.52. The Labute approximate surface area is 96.4 Å². The van der Waals surface area contributed by atoms with E-state index >= 15 is 0 Å². The van der Waals surface area contributed by atoms with Crippen LogP contribution in [0.2, 0.25) is 0 Å². The van der Waals surface area contributed by atoms with E-state index in [1.165, 1.54) is 23.9 Å². The Morgan fingerprint density at radius 1 is 1.38 bits per heavy atom. The molecule has 0 spiro atoms. The second kappa shape index (κ2) is 7.40. The highest BCUT2D eigenvalue weighted by atomic mass is 33.5. The van der Waals surface area contributed by atoms with Crippen LogP contribution in [-0.4, -0.2) is 5.60 Å². The van der Waals surface area contributed by atoms with Crippen LogP contribution in [0.25, 0.3) is 0 Å². The van der Waals surface area contributed by atoms with Crippen molar-refractivity contribution in [1.29, 1.82) is 0 Å². The van der Waals surface area contributed by atoms with E-state index < -0.39 is 7.05 Å². The number of rotatable bonds is 7. The molecule has 0 amide bonds. The Morgan fingerprint density at radius 3 is 2.38 bits per heavy atom.